The maximum atomic E-state index is 13.0. The lowest BCUT2D eigenvalue weighted by atomic mass is 9.89. The number of benzene rings is 1. The molecule has 2 aromatic heterocycles. The van der Waals surface area contributed by atoms with Crippen molar-refractivity contribution in [3.8, 4) is 11.5 Å². The smallest absolute Gasteiger partial charge is 0.247 e. The van der Waals surface area contributed by atoms with Crippen LogP contribution in [-0.2, 0) is 18.4 Å². The molecule has 3 aromatic rings. The second-order valence-electron chi connectivity index (χ2n) is 7.46. The summed E-state index contributed by atoms with van der Waals surface area (Å²) in [6, 6.07) is 6.05. The summed E-state index contributed by atoms with van der Waals surface area (Å²) in [5, 5.41) is 17.0. The van der Waals surface area contributed by atoms with Crippen LogP contribution in [0.4, 0.5) is 4.39 Å². The molecule has 0 saturated carbocycles. The molecule has 1 aliphatic rings. The van der Waals surface area contributed by atoms with Gasteiger partial charge in [0.15, 0.2) is 0 Å². The number of nitrogens with zero attached hydrogens (tertiary/aromatic N) is 5. The van der Waals surface area contributed by atoms with Crippen molar-refractivity contribution in [2.75, 3.05) is 0 Å². The van der Waals surface area contributed by atoms with Crippen molar-refractivity contribution in [2.24, 2.45) is 0 Å². The Morgan fingerprint density at radius 3 is 2.60 bits per heavy atom. The first-order valence-electron chi connectivity index (χ1n) is 8.45. The Morgan fingerprint density at radius 1 is 1.12 bits per heavy atom. The Morgan fingerprint density at radius 2 is 1.88 bits per heavy atom. The fraction of sp³-hybridized carbons (Fsp3) is 0.444. The highest BCUT2D eigenvalue weighted by atomic mass is 19.1. The van der Waals surface area contributed by atoms with Crippen LogP contribution in [0.3, 0.4) is 0 Å². The molecule has 0 spiro atoms. The molecule has 0 amide bonds. The molecule has 1 aliphatic carbocycles. The maximum Gasteiger partial charge on any atom is 0.247 e. The van der Waals surface area contributed by atoms with Gasteiger partial charge in [-0.2, -0.15) is 0 Å². The van der Waals surface area contributed by atoms with E-state index in [2.05, 4.69) is 41.3 Å². The van der Waals surface area contributed by atoms with Gasteiger partial charge >= 0.3 is 0 Å². The highest BCUT2D eigenvalue weighted by Crippen LogP contribution is 2.33. The summed E-state index contributed by atoms with van der Waals surface area (Å²) in [5.74, 6) is 0.874. The maximum absolute atomic E-state index is 13.0. The van der Waals surface area contributed by atoms with Crippen LogP contribution < -0.4 is 0 Å². The standard InChI is InChI=1S/C18H20FN5O/c1-18(2,3)24-15-9-6-12(10-14(15)20-23-24)17-22-21-16(25-17)11-4-7-13(19)8-5-11/h4-5,7-8,12H,6,9-10H2,1-3H3. The summed E-state index contributed by atoms with van der Waals surface area (Å²) in [5.41, 5.74) is 2.85. The van der Waals surface area contributed by atoms with Crippen LogP contribution in [0.15, 0.2) is 28.7 Å². The summed E-state index contributed by atoms with van der Waals surface area (Å²) in [6.07, 6.45) is 2.55. The molecule has 0 aliphatic heterocycles. The van der Waals surface area contributed by atoms with Gasteiger partial charge in [0.1, 0.15) is 5.82 Å². The molecular formula is C18H20FN5O. The number of hydrogen-bond donors (Lipinski definition) is 0. The Hall–Kier alpha value is -2.57. The third kappa shape index (κ3) is 2.94. The van der Waals surface area contributed by atoms with E-state index in [0.29, 0.717) is 11.8 Å². The average Bonchev–Trinajstić information content (AvgIpc) is 3.21. The van der Waals surface area contributed by atoms with E-state index < -0.39 is 0 Å². The number of aromatic nitrogens is 5. The fourth-order valence-corrected chi connectivity index (χ4v) is 3.25. The minimum absolute atomic E-state index is 0.0757. The second kappa shape index (κ2) is 5.75. The van der Waals surface area contributed by atoms with Crippen LogP contribution in [-0.4, -0.2) is 25.2 Å². The van der Waals surface area contributed by atoms with E-state index in [4.69, 9.17) is 4.42 Å². The molecular weight excluding hydrogens is 321 g/mol. The van der Waals surface area contributed by atoms with Crippen LogP contribution in [0.2, 0.25) is 0 Å². The van der Waals surface area contributed by atoms with Crippen molar-refractivity contribution in [3.63, 3.8) is 0 Å². The molecule has 130 valence electrons. The first-order valence-corrected chi connectivity index (χ1v) is 8.45. The van der Waals surface area contributed by atoms with Gasteiger partial charge in [-0.15, -0.1) is 15.3 Å². The normalized spacial score (nSPS) is 17.5. The quantitative estimate of drug-likeness (QED) is 0.713. The van der Waals surface area contributed by atoms with E-state index in [9.17, 15) is 4.39 Å². The summed E-state index contributed by atoms with van der Waals surface area (Å²) < 4.78 is 20.9. The second-order valence-corrected chi connectivity index (χ2v) is 7.46. The molecule has 1 atom stereocenters. The van der Waals surface area contributed by atoms with Gasteiger partial charge in [-0.3, -0.25) is 0 Å². The van der Waals surface area contributed by atoms with Gasteiger partial charge in [0.25, 0.3) is 0 Å². The largest absolute Gasteiger partial charge is 0.420 e. The summed E-state index contributed by atoms with van der Waals surface area (Å²) >= 11 is 0. The first-order chi connectivity index (χ1) is 11.9. The number of rotatable bonds is 2. The molecule has 2 heterocycles. The molecule has 0 fully saturated rings. The van der Waals surface area contributed by atoms with Crippen LogP contribution in [0.5, 0.6) is 0 Å². The summed E-state index contributed by atoms with van der Waals surface area (Å²) in [7, 11) is 0. The van der Waals surface area contributed by atoms with Gasteiger partial charge in [-0.1, -0.05) is 5.21 Å². The molecule has 0 bridgehead atoms. The zero-order valence-electron chi connectivity index (χ0n) is 14.5. The predicted molar refractivity (Wildman–Crippen MR) is 89.5 cm³/mol. The lowest BCUT2D eigenvalue weighted by Gasteiger charge is -2.25. The third-order valence-corrected chi connectivity index (χ3v) is 4.53. The number of halogens is 1. The Bertz CT molecular complexity index is 891. The molecule has 4 rings (SSSR count). The molecule has 0 N–H and O–H groups in total. The Balaban J connectivity index is 1.57. The molecule has 6 nitrogen and oxygen atoms in total. The van der Waals surface area contributed by atoms with Gasteiger partial charge in [-0.25, -0.2) is 9.07 Å². The van der Waals surface area contributed by atoms with Gasteiger partial charge in [0.05, 0.1) is 16.9 Å². The molecule has 25 heavy (non-hydrogen) atoms. The molecule has 1 aromatic carbocycles. The fourth-order valence-electron chi connectivity index (χ4n) is 3.25. The monoisotopic (exact) mass is 341 g/mol. The Kier molecular flexibility index (Phi) is 3.67. The lowest BCUT2D eigenvalue weighted by Crippen LogP contribution is -2.27. The van der Waals surface area contributed by atoms with Crippen LogP contribution in [0.1, 0.15) is 50.4 Å². The first kappa shape index (κ1) is 15.9. The van der Waals surface area contributed by atoms with Gasteiger partial charge in [-0.05, 0) is 57.9 Å². The molecule has 1 unspecified atom stereocenters. The van der Waals surface area contributed by atoms with E-state index in [0.717, 1.165) is 30.5 Å². The molecule has 7 heteroatoms. The zero-order valence-corrected chi connectivity index (χ0v) is 14.5. The van der Waals surface area contributed by atoms with Gasteiger partial charge in [0.2, 0.25) is 11.8 Å². The van der Waals surface area contributed by atoms with Crippen molar-refractivity contribution in [3.05, 3.63) is 47.4 Å². The van der Waals surface area contributed by atoms with Crippen molar-refractivity contribution in [2.45, 2.75) is 51.5 Å². The topological polar surface area (TPSA) is 69.6 Å². The van der Waals surface area contributed by atoms with E-state index in [1.165, 1.54) is 17.8 Å². The summed E-state index contributed by atoms with van der Waals surface area (Å²) in [6.45, 7) is 6.38. The van der Waals surface area contributed by atoms with Crippen molar-refractivity contribution >= 4 is 0 Å². The van der Waals surface area contributed by atoms with Gasteiger partial charge < -0.3 is 4.42 Å². The van der Waals surface area contributed by atoms with Crippen LogP contribution >= 0.6 is 0 Å². The van der Waals surface area contributed by atoms with E-state index in [-0.39, 0.29) is 17.3 Å². The SMILES string of the molecule is CC(C)(C)n1nnc2c1CCC(c1nnc(-c3ccc(F)cc3)o1)C2. The van der Waals surface area contributed by atoms with Crippen LogP contribution in [0.25, 0.3) is 11.5 Å². The lowest BCUT2D eigenvalue weighted by molar-refractivity contribution is 0.329. The van der Waals surface area contributed by atoms with E-state index >= 15 is 0 Å². The molecule has 0 radical (unpaired) electrons. The number of fused-ring (bicyclic) bond motifs is 1. The molecule has 0 saturated heterocycles. The van der Waals surface area contributed by atoms with E-state index in [1.54, 1.807) is 12.1 Å². The highest BCUT2D eigenvalue weighted by Gasteiger charge is 2.31. The van der Waals surface area contributed by atoms with Crippen LogP contribution in [0, 0.1) is 5.82 Å². The Labute approximate surface area is 145 Å². The summed E-state index contributed by atoms with van der Waals surface area (Å²) in [4.78, 5) is 0. The van der Waals surface area contributed by atoms with E-state index in [1.807, 2.05) is 4.68 Å². The van der Waals surface area contributed by atoms with Gasteiger partial charge in [0, 0.05) is 17.9 Å². The predicted octanol–water partition coefficient (Wildman–Crippen LogP) is 3.49. The highest BCUT2D eigenvalue weighted by molar-refractivity contribution is 5.52. The average molecular weight is 341 g/mol. The minimum Gasteiger partial charge on any atom is -0.420 e. The zero-order chi connectivity index (χ0) is 17.6. The minimum atomic E-state index is -0.287. The van der Waals surface area contributed by atoms with Crippen molar-refractivity contribution in [1.82, 2.24) is 25.2 Å². The third-order valence-electron chi connectivity index (χ3n) is 4.53. The van der Waals surface area contributed by atoms with Crippen molar-refractivity contribution in [1.29, 1.82) is 0 Å². The van der Waals surface area contributed by atoms with Crippen molar-refractivity contribution < 1.29 is 8.81 Å². The number of hydrogen-bond acceptors (Lipinski definition) is 5.